The largest absolute Gasteiger partial charge is 0.396 e. The van der Waals surface area contributed by atoms with E-state index in [1.807, 2.05) is 0 Å². The molecule has 1 aromatic rings. The third-order valence-corrected chi connectivity index (χ3v) is 1.66. The molecule has 5 N–H and O–H groups in total. The van der Waals surface area contributed by atoms with E-state index in [2.05, 4.69) is 9.97 Å². The molecule has 72 valence electrons. The molecule has 1 rings (SSSR count). The van der Waals surface area contributed by atoms with Crippen molar-refractivity contribution < 1.29 is 5.11 Å². The van der Waals surface area contributed by atoms with E-state index in [1.165, 1.54) is 0 Å². The summed E-state index contributed by atoms with van der Waals surface area (Å²) < 4.78 is 0. The molecule has 0 radical (unpaired) electrons. The fourth-order valence-electron chi connectivity index (χ4n) is 1.09. The Kier molecular flexibility index (Phi) is 3.45. The number of anilines is 2. The summed E-state index contributed by atoms with van der Waals surface area (Å²) in [5.41, 5.74) is 11.7. The van der Waals surface area contributed by atoms with Crippen LogP contribution in [-0.4, -0.2) is 21.7 Å². The van der Waals surface area contributed by atoms with Crippen LogP contribution in [0.3, 0.4) is 0 Å². The van der Waals surface area contributed by atoms with Crippen molar-refractivity contribution >= 4 is 11.8 Å². The number of aliphatic hydroxyl groups excluding tert-OH is 1. The van der Waals surface area contributed by atoms with E-state index < -0.39 is 0 Å². The monoisotopic (exact) mass is 182 g/mol. The van der Waals surface area contributed by atoms with Gasteiger partial charge in [-0.3, -0.25) is 0 Å². The standard InChI is InChI=1S/C8H14N4O/c9-7-5-6(3-1-2-4-13)11-8(10)12-7/h5,13H,1-4H2,(H4,9,10,11,12). The molecule has 1 aromatic heterocycles. The zero-order valence-electron chi connectivity index (χ0n) is 7.40. The van der Waals surface area contributed by atoms with Crippen molar-refractivity contribution in [1.29, 1.82) is 0 Å². The molecular formula is C8H14N4O. The summed E-state index contributed by atoms with van der Waals surface area (Å²) in [6.45, 7) is 0.204. The Morgan fingerprint density at radius 3 is 2.62 bits per heavy atom. The van der Waals surface area contributed by atoms with Gasteiger partial charge in [-0.25, -0.2) is 4.98 Å². The van der Waals surface area contributed by atoms with Crippen molar-refractivity contribution in [2.75, 3.05) is 18.1 Å². The summed E-state index contributed by atoms with van der Waals surface area (Å²) in [6.07, 6.45) is 2.42. The lowest BCUT2D eigenvalue weighted by molar-refractivity contribution is 0.284. The highest BCUT2D eigenvalue weighted by molar-refractivity contribution is 5.35. The molecule has 0 amide bonds. The van der Waals surface area contributed by atoms with E-state index in [9.17, 15) is 0 Å². The first-order valence-corrected chi connectivity index (χ1v) is 4.22. The third-order valence-electron chi connectivity index (χ3n) is 1.66. The van der Waals surface area contributed by atoms with Gasteiger partial charge in [0.05, 0.1) is 0 Å². The first-order chi connectivity index (χ1) is 6.22. The summed E-state index contributed by atoms with van der Waals surface area (Å²) in [6, 6.07) is 1.70. The summed E-state index contributed by atoms with van der Waals surface area (Å²) >= 11 is 0. The Labute approximate surface area is 76.8 Å². The molecule has 0 saturated heterocycles. The maximum atomic E-state index is 8.57. The Morgan fingerprint density at radius 2 is 2.00 bits per heavy atom. The van der Waals surface area contributed by atoms with Crippen LogP contribution in [0.25, 0.3) is 0 Å². The number of nitrogens with zero attached hydrogens (tertiary/aromatic N) is 2. The Hall–Kier alpha value is -1.36. The number of hydrogen-bond acceptors (Lipinski definition) is 5. The average molecular weight is 182 g/mol. The second-order valence-electron chi connectivity index (χ2n) is 2.82. The first kappa shape index (κ1) is 9.73. The predicted octanol–water partition coefficient (Wildman–Crippen LogP) is -0.0440. The SMILES string of the molecule is Nc1cc(CCCCO)nc(N)n1. The zero-order valence-corrected chi connectivity index (χ0v) is 7.40. The molecule has 0 atom stereocenters. The molecule has 0 saturated carbocycles. The smallest absolute Gasteiger partial charge is 0.222 e. The number of nitrogen functional groups attached to an aromatic ring is 2. The van der Waals surface area contributed by atoms with E-state index in [4.69, 9.17) is 16.6 Å². The molecule has 5 nitrogen and oxygen atoms in total. The van der Waals surface area contributed by atoms with Gasteiger partial charge in [-0.1, -0.05) is 0 Å². The summed E-state index contributed by atoms with van der Waals surface area (Å²) in [5, 5.41) is 8.57. The van der Waals surface area contributed by atoms with Crippen molar-refractivity contribution in [1.82, 2.24) is 9.97 Å². The van der Waals surface area contributed by atoms with Gasteiger partial charge in [0.15, 0.2) is 0 Å². The van der Waals surface area contributed by atoms with Crippen LogP contribution in [0.4, 0.5) is 11.8 Å². The van der Waals surface area contributed by atoms with Crippen LogP contribution in [0.2, 0.25) is 0 Å². The molecule has 0 spiro atoms. The van der Waals surface area contributed by atoms with Gasteiger partial charge in [0.2, 0.25) is 5.95 Å². The topological polar surface area (TPSA) is 98.0 Å². The van der Waals surface area contributed by atoms with Crippen molar-refractivity contribution in [2.24, 2.45) is 0 Å². The molecule has 0 aromatic carbocycles. The van der Waals surface area contributed by atoms with E-state index in [1.54, 1.807) is 6.07 Å². The molecule has 0 bridgehead atoms. The third kappa shape index (κ3) is 3.25. The second kappa shape index (κ2) is 4.61. The van der Waals surface area contributed by atoms with Crippen LogP contribution >= 0.6 is 0 Å². The lowest BCUT2D eigenvalue weighted by Gasteiger charge is -2.01. The minimum absolute atomic E-state index is 0.204. The number of aliphatic hydroxyl groups is 1. The Morgan fingerprint density at radius 1 is 1.23 bits per heavy atom. The summed E-state index contributed by atoms with van der Waals surface area (Å²) in [7, 11) is 0. The van der Waals surface area contributed by atoms with Crippen LogP contribution in [0.5, 0.6) is 0 Å². The van der Waals surface area contributed by atoms with Crippen LogP contribution in [0.1, 0.15) is 18.5 Å². The van der Waals surface area contributed by atoms with Crippen molar-refractivity contribution in [3.05, 3.63) is 11.8 Å². The van der Waals surface area contributed by atoms with Crippen LogP contribution in [0, 0.1) is 0 Å². The Bertz CT molecular complexity index is 257. The first-order valence-electron chi connectivity index (χ1n) is 4.22. The van der Waals surface area contributed by atoms with Gasteiger partial charge in [0.1, 0.15) is 5.82 Å². The second-order valence-corrected chi connectivity index (χ2v) is 2.82. The fraction of sp³-hybridized carbons (Fsp3) is 0.500. The quantitative estimate of drug-likeness (QED) is 0.567. The fourth-order valence-corrected chi connectivity index (χ4v) is 1.09. The van der Waals surface area contributed by atoms with Gasteiger partial charge in [0, 0.05) is 18.4 Å². The highest BCUT2D eigenvalue weighted by atomic mass is 16.2. The van der Waals surface area contributed by atoms with Gasteiger partial charge in [-0.2, -0.15) is 4.98 Å². The predicted molar refractivity (Wildman–Crippen MR) is 50.9 cm³/mol. The maximum absolute atomic E-state index is 8.57. The number of hydrogen-bond donors (Lipinski definition) is 3. The number of unbranched alkanes of at least 4 members (excludes halogenated alkanes) is 1. The Balaban J connectivity index is 2.56. The minimum Gasteiger partial charge on any atom is -0.396 e. The molecule has 0 aliphatic rings. The summed E-state index contributed by atoms with van der Waals surface area (Å²) in [4.78, 5) is 7.77. The molecule has 0 aliphatic carbocycles. The number of aromatic nitrogens is 2. The van der Waals surface area contributed by atoms with Crippen LogP contribution < -0.4 is 11.5 Å². The number of nitrogens with two attached hydrogens (primary N) is 2. The lowest BCUT2D eigenvalue weighted by Crippen LogP contribution is -2.03. The van der Waals surface area contributed by atoms with Crippen molar-refractivity contribution in [3.8, 4) is 0 Å². The van der Waals surface area contributed by atoms with Crippen LogP contribution in [-0.2, 0) is 6.42 Å². The highest BCUT2D eigenvalue weighted by Gasteiger charge is 1.99. The van der Waals surface area contributed by atoms with E-state index >= 15 is 0 Å². The van der Waals surface area contributed by atoms with Gasteiger partial charge < -0.3 is 16.6 Å². The van der Waals surface area contributed by atoms with E-state index in [0.29, 0.717) is 5.82 Å². The van der Waals surface area contributed by atoms with Gasteiger partial charge in [-0.15, -0.1) is 0 Å². The average Bonchev–Trinajstić information content (AvgIpc) is 2.03. The van der Waals surface area contributed by atoms with Crippen molar-refractivity contribution in [3.63, 3.8) is 0 Å². The summed E-state index contributed by atoms with van der Waals surface area (Å²) in [5.74, 6) is 0.602. The maximum Gasteiger partial charge on any atom is 0.222 e. The normalized spacial score (nSPS) is 10.2. The van der Waals surface area contributed by atoms with E-state index in [0.717, 1.165) is 25.0 Å². The number of aryl methyl sites for hydroxylation is 1. The molecule has 0 unspecified atom stereocenters. The highest BCUT2D eigenvalue weighted by Crippen LogP contribution is 2.07. The molecule has 13 heavy (non-hydrogen) atoms. The lowest BCUT2D eigenvalue weighted by atomic mass is 10.2. The zero-order chi connectivity index (χ0) is 9.68. The molecule has 0 fully saturated rings. The number of rotatable bonds is 4. The molecule has 1 heterocycles. The van der Waals surface area contributed by atoms with Crippen molar-refractivity contribution in [2.45, 2.75) is 19.3 Å². The van der Waals surface area contributed by atoms with Gasteiger partial charge in [-0.05, 0) is 19.3 Å². The molecular weight excluding hydrogens is 168 g/mol. The molecule has 5 heteroatoms. The van der Waals surface area contributed by atoms with Gasteiger partial charge in [0.25, 0.3) is 0 Å². The van der Waals surface area contributed by atoms with E-state index in [-0.39, 0.29) is 12.6 Å². The minimum atomic E-state index is 0.204. The van der Waals surface area contributed by atoms with Gasteiger partial charge >= 0.3 is 0 Å². The molecule has 0 aliphatic heterocycles. The van der Waals surface area contributed by atoms with Crippen LogP contribution in [0.15, 0.2) is 6.07 Å².